The maximum atomic E-state index is 11.9. The van der Waals surface area contributed by atoms with Crippen LogP contribution in [-0.4, -0.2) is 33.9 Å². The first-order valence-corrected chi connectivity index (χ1v) is 7.53. The molecule has 1 unspecified atom stereocenters. The molecule has 24 heavy (non-hydrogen) atoms. The minimum atomic E-state index is -0.397. The van der Waals surface area contributed by atoms with E-state index in [2.05, 4.69) is 15.0 Å². The number of quaternary nitrogens is 1. The van der Waals surface area contributed by atoms with Gasteiger partial charge in [0.25, 0.3) is 0 Å². The van der Waals surface area contributed by atoms with Gasteiger partial charge < -0.3 is 10.1 Å². The zero-order chi connectivity index (χ0) is 16.7. The highest BCUT2D eigenvalue weighted by Crippen LogP contribution is 2.27. The molecule has 1 amide bonds. The predicted molar refractivity (Wildman–Crippen MR) is 90.7 cm³/mol. The molecule has 1 aliphatic heterocycles. The van der Waals surface area contributed by atoms with Crippen molar-refractivity contribution in [1.82, 2.24) is 9.97 Å². The fourth-order valence-corrected chi connectivity index (χ4v) is 2.91. The van der Waals surface area contributed by atoms with E-state index >= 15 is 0 Å². The fraction of sp³-hybridized carbons (Fsp3) is 0.0556. The maximum absolute atomic E-state index is 11.9. The van der Waals surface area contributed by atoms with Gasteiger partial charge in [-0.1, -0.05) is 12.1 Å². The van der Waals surface area contributed by atoms with E-state index in [0.717, 1.165) is 27.7 Å². The molecule has 1 aliphatic rings. The summed E-state index contributed by atoms with van der Waals surface area (Å²) in [4.78, 5) is 24.2. The number of hydrogen-bond donors (Lipinski definition) is 3. The number of benzene rings is 1. The van der Waals surface area contributed by atoms with Crippen LogP contribution in [0.5, 0.6) is 0 Å². The van der Waals surface area contributed by atoms with E-state index in [1.165, 1.54) is 6.20 Å². The Kier molecular flexibility index (Phi) is 3.25. The van der Waals surface area contributed by atoms with Crippen molar-refractivity contribution in [3.8, 4) is 11.3 Å². The highest BCUT2D eigenvalue weighted by molar-refractivity contribution is 6.03. The number of pyridine rings is 1. The highest BCUT2D eigenvalue weighted by Gasteiger charge is 2.30. The van der Waals surface area contributed by atoms with E-state index in [0.29, 0.717) is 10.7 Å². The number of aliphatic hydroxyl groups is 1. The molecule has 0 saturated heterocycles. The molecule has 1 aromatic carbocycles. The summed E-state index contributed by atoms with van der Waals surface area (Å²) >= 11 is 0. The minimum Gasteiger partial charge on any atom is -0.499 e. The van der Waals surface area contributed by atoms with Crippen molar-refractivity contribution < 1.29 is 14.8 Å². The van der Waals surface area contributed by atoms with Crippen LogP contribution in [0.25, 0.3) is 22.2 Å². The zero-order valence-corrected chi connectivity index (χ0v) is 12.9. The van der Waals surface area contributed by atoms with E-state index in [1.54, 1.807) is 13.2 Å². The largest absolute Gasteiger partial charge is 0.499 e. The van der Waals surface area contributed by atoms with Crippen LogP contribution in [-0.2, 0) is 4.79 Å². The van der Waals surface area contributed by atoms with Crippen LogP contribution >= 0.6 is 0 Å². The number of carbonyl (C=O) groups excluding carboxylic acids is 1. The van der Waals surface area contributed by atoms with Crippen LogP contribution in [0, 0.1) is 0 Å². The summed E-state index contributed by atoms with van der Waals surface area (Å²) < 4.78 is 0. The summed E-state index contributed by atoms with van der Waals surface area (Å²) in [7, 11) is 1.66. The molecule has 1 atom stereocenters. The molecule has 2 aromatic heterocycles. The van der Waals surface area contributed by atoms with Crippen LogP contribution in [0.4, 0.5) is 0 Å². The molecule has 6 heteroatoms. The summed E-state index contributed by atoms with van der Waals surface area (Å²) in [6.07, 6.45) is 4.79. The third kappa shape index (κ3) is 2.21. The van der Waals surface area contributed by atoms with Gasteiger partial charge in [-0.3, -0.25) is 4.98 Å². The van der Waals surface area contributed by atoms with Gasteiger partial charge in [0.05, 0.1) is 24.5 Å². The molecule has 0 saturated carbocycles. The average molecular weight is 319 g/mol. The maximum Gasteiger partial charge on any atom is 0.386 e. The lowest BCUT2D eigenvalue weighted by molar-refractivity contribution is -0.694. The van der Waals surface area contributed by atoms with Crippen molar-refractivity contribution in [2.24, 2.45) is 4.99 Å². The Labute approximate surface area is 137 Å². The molecule has 6 nitrogen and oxygen atoms in total. The number of aliphatic hydroxyl groups excluding tert-OH is 1. The van der Waals surface area contributed by atoms with Gasteiger partial charge in [-0.05, 0) is 24.3 Å². The number of likely N-dealkylation sites (N-methyl/N-ethyl adjacent to an activating group) is 1. The van der Waals surface area contributed by atoms with Crippen molar-refractivity contribution in [3.63, 3.8) is 0 Å². The lowest BCUT2D eigenvalue weighted by Gasteiger charge is -2.16. The number of aliphatic imine (C=N–C) groups is 1. The second kappa shape index (κ2) is 5.43. The Morgan fingerprint density at radius 2 is 2.08 bits per heavy atom. The number of nitrogens with one attached hydrogen (secondary N) is 2. The molecular weight excluding hydrogens is 304 g/mol. The third-order valence-corrected chi connectivity index (χ3v) is 4.15. The van der Waals surface area contributed by atoms with Gasteiger partial charge in [-0.2, -0.15) is 4.99 Å². The first kappa shape index (κ1) is 14.3. The topological polar surface area (TPSA) is 82.8 Å². The summed E-state index contributed by atoms with van der Waals surface area (Å²) in [5.74, 6) is -0.170. The van der Waals surface area contributed by atoms with Crippen molar-refractivity contribution >= 4 is 22.6 Å². The van der Waals surface area contributed by atoms with Crippen molar-refractivity contribution in [1.29, 1.82) is 0 Å². The Morgan fingerprint density at radius 1 is 1.21 bits per heavy atom. The number of aromatic amines is 1. The van der Waals surface area contributed by atoms with Gasteiger partial charge in [0.1, 0.15) is 0 Å². The van der Waals surface area contributed by atoms with E-state index in [4.69, 9.17) is 0 Å². The van der Waals surface area contributed by atoms with Crippen molar-refractivity contribution in [3.05, 3.63) is 66.3 Å². The first-order valence-electron chi connectivity index (χ1n) is 7.53. The van der Waals surface area contributed by atoms with Crippen LogP contribution in [0.1, 0.15) is 5.56 Å². The number of amidine groups is 1. The zero-order valence-electron chi connectivity index (χ0n) is 12.9. The molecular formula is C18H15N4O2+. The van der Waals surface area contributed by atoms with E-state index in [1.807, 2.05) is 42.6 Å². The number of amides is 1. The SMILES string of the molecule is C[NH+]1C(=O)C(O)=CN=C1c1ccnc(-c2cccc3[nH]ccc23)c1. The van der Waals surface area contributed by atoms with Crippen LogP contribution in [0.15, 0.2) is 65.7 Å². The van der Waals surface area contributed by atoms with Crippen molar-refractivity contribution in [2.75, 3.05) is 7.05 Å². The van der Waals surface area contributed by atoms with E-state index in [9.17, 15) is 9.90 Å². The van der Waals surface area contributed by atoms with Crippen LogP contribution in [0.2, 0.25) is 0 Å². The lowest BCUT2D eigenvalue weighted by Crippen LogP contribution is -3.15. The van der Waals surface area contributed by atoms with Gasteiger partial charge in [0.2, 0.25) is 11.6 Å². The molecule has 3 heterocycles. The molecule has 3 N–H and O–H groups in total. The second-order valence-electron chi connectivity index (χ2n) is 5.62. The van der Waals surface area contributed by atoms with Gasteiger partial charge in [0, 0.05) is 28.9 Å². The first-order chi connectivity index (χ1) is 11.6. The number of carbonyl (C=O) groups is 1. The van der Waals surface area contributed by atoms with Gasteiger partial charge >= 0.3 is 5.91 Å². The molecule has 0 spiro atoms. The molecule has 118 valence electrons. The van der Waals surface area contributed by atoms with Gasteiger partial charge in [-0.25, -0.2) is 9.69 Å². The molecule has 0 aliphatic carbocycles. The second-order valence-corrected chi connectivity index (χ2v) is 5.62. The quantitative estimate of drug-likeness (QED) is 0.668. The van der Waals surface area contributed by atoms with Gasteiger partial charge in [-0.15, -0.1) is 0 Å². The highest BCUT2D eigenvalue weighted by atomic mass is 16.3. The number of hydrogen-bond acceptors (Lipinski definition) is 4. The lowest BCUT2D eigenvalue weighted by atomic mass is 10.0. The Hall–Kier alpha value is -3.25. The Bertz CT molecular complexity index is 1020. The monoisotopic (exact) mass is 319 g/mol. The number of rotatable bonds is 2. The van der Waals surface area contributed by atoms with Gasteiger partial charge in [0.15, 0.2) is 0 Å². The Balaban J connectivity index is 1.83. The smallest absolute Gasteiger partial charge is 0.386 e. The molecule has 0 bridgehead atoms. The summed E-state index contributed by atoms with van der Waals surface area (Å²) in [5.41, 5.74) is 3.65. The fourth-order valence-electron chi connectivity index (χ4n) is 2.91. The minimum absolute atomic E-state index is 0.331. The normalized spacial score (nSPS) is 17.7. The number of fused-ring (bicyclic) bond motifs is 1. The van der Waals surface area contributed by atoms with Crippen LogP contribution in [0.3, 0.4) is 0 Å². The van der Waals surface area contributed by atoms with E-state index in [-0.39, 0.29) is 5.76 Å². The molecule has 0 fully saturated rings. The van der Waals surface area contributed by atoms with Crippen molar-refractivity contribution in [2.45, 2.75) is 0 Å². The number of nitrogens with zero attached hydrogens (tertiary/aromatic N) is 2. The Morgan fingerprint density at radius 3 is 2.96 bits per heavy atom. The standard InChI is InChI=1S/C18H14N4O2/c1-22-17(21-10-16(23)18(22)24)11-5-7-20-15(9-11)12-3-2-4-14-13(12)6-8-19-14/h2-10,19,23H,1H3/p+1. The van der Waals surface area contributed by atoms with E-state index < -0.39 is 5.91 Å². The number of H-pyrrole nitrogens is 1. The average Bonchev–Trinajstić information content (AvgIpc) is 3.08. The summed E-state index contributed by atoms with van der Waals surface area (Å²) in [6.45, 7) is 0. The number of aromatic nitrogens is 2. The molecule has 3 aromatic rings. The van der Waals surface area contributed by atoms with Crippen LogP contribution < -0.4 is 4.90 Å². The third-order valence-electron chi connectivity index (χ3n) is 4.15. The summed E-state index contributed by atoms with van der Waals surface area (Å²) in [6, 6.07) is 11.7. The predicted octanol–water partition coefficient (Wildman–Crippen LogP) is 1.43. The summed E-state index contributed by atoms with van der Waals surface area (Å²) in [5, 5.41) is 10.6. The molecule has 4 rings (SSSR count). The molecule has 0 radical (unpaired) electrons.